The third-order valence-corrected chi connectivity index (χ3v) is 2.83. The van der Waals surface area contributed by atoms with E-state index in [4.69, 9.17) is 23.7 Å². The fourth-order valence-corrected chi connectivity index (χ4v) is 1.79. The number of carbonyl (C=O) groups excluding carboxylic acids is 1. The molecule has 92 valence electrons. The highest BCUT2D eigenvalue weighted by atomic mass is 32.1. The molecule has 1 atom stereocenters. The van der Waals surface area contributed by atoms with Crippen molar-refractivity contribution in [2.24, 2.45) is 17.4 Å². The van der Waals surface area contributed by atoms with Gasteiger partial charge >= 0.3 is 0 Å². The summed E-state index contributed by atoms with van der Waals surface area (Å²) in [6.07, 6.45) is 0. The predicted octanol–water partition coefficient (Wildman–Crippen LogP) is 0.878. The van der Waals surface area contributed by atoms with Gasteiger partial charge in [0.1, 0.15) is 4.99 Å². The summed E-state index contributed by atoms with van der Waals surface area (Å²) in [4.78, 5) is 13.3. The summed E-state index contributed by atoms with van der Waals surface area (Å²) in [5.41, 5.74) is 12.6. The van der Waals surface area contributed by atoms with Crippen LogP contribution in [-0.4, -0.2) is 24.5 Å². The van der Waals surface area contributed by atoms with Crippen LogP contribution in [0.2, 0.25) is 0 Å². The molecule has 5 heteroatoms. The van der Waals surface area contributed by atoms with Gasteiger partial charge in [0.2, 0.25) is 5.91 Å². The van der Waals surface area contributed by atoms with Gasteiger partial charge in [-0.2, -0.15) is 0 Å². The van der Waals surface area contributed by atoms with Gasteiger partial charge in [-0.3, -0.25) is 4.79 Å². The number of amides is 1. The Labute approximate surface area is 107 Å². The number of hydrogen-bond acceptors (Lipinski definition) is 3. The number of anilines is 1. The van der Waals surface area contributed by atoms with Crippen LogP contribution in [0.3, 0.4) is 0 Å². The summed E-state index contributed by atoms with van der Waals surface area (Å²) in [6.45, 7) is 2.33. The van der Waals surface area contributed by atoms with Crippen LogP contribution in [0.4, 0.5) is 5.69 Å². The van der Waals surface area contributed by atoms with Crippen molar-refractivity contribution in [1.82, 2.24) is 0 Å². The molecule has 4 nitrogen and oxygen atoms in total. The van der Waals surface area contributed by atoms with E-state index < -0.39 is 0 Å². The Hall–Kier alpha value is -1.62. The molecule has 0 saturated carbocycles. The van der Waals surface area contributed by atoms with Gasteiger partial charge in [0.05, 0.1) is 5.92 Å². The maximum Gasteiger partial charge on any atom is 0.222 e. The largest absolute Gasteiger partial charge is 0.389 e. The Balaban J connectivity index is 2.92. The van der Waals surface area contributed by atoms with E-state index in [1.807, 2.05) is 36.2 Å². The number of nitrogens with zero attached hydrogens (tertiary/aromatic N) is 1. The minimum absolute atomic E-state index is 0.223. The molecule has 17 heavy (non-hydrogen) atoms. The molecule has 0 saturated heterocycles. The average Bonchev–Trinajstić information content (AvgIpc) is 2.28. The third-order valence-electron chi connectivity index (χ3n) is 2.61. The van der Waals surface area contributed by atoms with Gasteiger partial charge in [0.15, 0.2) is 0 Å². The lowest BCUT2D eigenvalue weighted by Crippen LogP contribution is -2.33. The number of carbonyl (C=O) groups is 1. The molecule has 1 aromatic rings. The quantitative estimate of drug-likeness (QED) is 0.762. The number of rotatable bonds is 5. The van der Waals surface area contributed by atoms with Gasteiger partial charge in [-0.1, -0.05) is 31.3 Å². The van der Waals surface area contributed by atoms with E-state index in [-0.39, 0.29) is 11.8 Å². The second-order valence-corrected chi connectivity index (χ2v) is 4.51. The molecule has 0 heterocycles. The average molecular weight is 251 g/mol. The van der Waals surface area contributed by atoms with Gasteiger partial charge in [0.25, 0.3) is 0 Å². The lowest BCUT2D eigenvalue weighted by molar-refractivity contribution is -0.121. The Morgan fingerprint density at radius 1 is 1.41 bits per heavy atom. The Morgan fingerprint density at radius 2 is 2.00 bits per heavy atom. The van der Waals surface area contributed by atoms with E-state index in [2.05, 4.69) is 0 Å². The standard InChI is InChI=1S/C12H17N3OS/c1-8(11(13)16)7-15(2)10-6-4-3-5-9(10)12(14)17/h3-6,8H,7H2,1-2H3,(H2,13,16)(H2,14,17). The number of para-hydroxylation sites is 1. The molecule has 0 bridgehead atoms. The summed E-state index contributed by atoms with van der Waals surface area (Å²) in [5.74, 6) is -0.538. The Morgan fingerprint density at radius 3 is 2.53 bits per heavy atom. The Bertz CT molecular complexity index is 434. The summed E-state index contributed by atoms with van der Waals surface area (Å²) in [5, 5.41) is 0. The van der Waals surface area contributed by atoms with E-state index in [1.165, 1.54) is 0 Å². The van der Waals surface area contributed by atoms with Crippen molar-refractivity contribution >= 4 is 28.8 Å². The highest BCUT2D eigenvalue weighted by Crippen LogP contribution is 2.19. The molecule has 1 rings (SSSR count). The fourth-order valence-electron chi connectivity index (χ4n) is 1.61. The topological polar surface area (TPSA) is 72.3 Å². The van der Waals surface area contributed by atoms with Gasteiger partial charge < -0.3 is 16.4 Å². The first-order valence-electron chi connectivity index (χ1n) is 5.32. The minimum atomic E-state index is -0.315. The monoisotopic (exact) mass is 251 g/mol. The highest BCUT2D eigenvalue weighted by molar-refractivity contribution is 7.80. The molecule has 1 aromatic carbocycles. The van der Waals surface area contributed by atoms with Crippen LogP contribution in [0.1, 0.15) is 12.5 Å². The highest BCUT2D eigenvalue weighted by Gasteiger charge is 2.14. The van der Waals surface area contributed by atoms with Crippen molar-refractivity contribution in [1.29, 1.82) is 0 Å². The second kappa shape index (κ2) is 5.63. The summed E-state index contributed by atoms with van der Waals surface area (Å²) in [7, 11) is 1.89. The van der Waals surface area contributed by atoms with Crippen LogP contribution in [0.25, 0.3) is 0 Å². The molecular formula is C12H17N3OS. The zero-order valence-corrected chi connectivity index (χ0v) is 10.8. The van der Waals surface area contributed by atoms with Crippen molar-refractivity contribution in [2.75, 3.05) is 18.5 Å². The van der Waals surface area contributed by atoms with Crippen LogP contribution >= 0.6 is 12.2 Å². The number of nitrogens with two attached hydrogens (primary N) is 2. The normalized spacial score (nSPS) is 11.9. The lowest BCUT2D eigenvalue weighted by atomic mass is 10.1. The first kappa shape index (κ1) is 13.4. The number of hydrogen-bond donors (Lipinski definition) is 2. The van der Waals surface area contributed by atoms with Gasteiger partial charge in [-0.05, 0) is 12.1 Å². The van der Waals surface area contributed by atoms with Crippen molar-refractivity contribution in [3.8, 4) is 0 Å². The first-order chi connectivity index (χ1) is 7.93. The van der Waals surface area contributed by atoms with E-state index in [0.717, 1.165) is 11.3 Å². The molecule has 0 fully saturated rings. The zero-order chi connectivity index (χ0) is 13.0. The zero-order valence-electron chi connectivity index (χ0n) is 10.0. The second-order valence-electron chi connectivity index (χ2n) is 4.07. The first-order valence-corrected chi connectivity index (χ1v) is 5.73. The molecule has 1 amide bonds. The molecule has 0 radical (unpaired) electrons. The van der Waals surface area contributed by atoms with E-state index in [0.29, 0.717) is 11.5 Å². The van der Waals surface area contributed by atoms with Crippen LogP contribution in [0.15, 0.2) is 24.3 Å². The van der Waals surface area contributed by atoms with E-state index >= 15 is 0 Å². The van der Waals surface area contributed by atoms with Crippen molar-refractivity contribution < 1.29 is 4.79 Å². The number of thiocarbonyl (C=S) groups is 1. The number of primary amides is 1. The summed E-state index contributed by atoms with van der Waals surface area (Å²) in [6, 6.07) is 7.57. The molecule has 0 aromatic heterocycles. The predicted molar refractivity (Wildman–Crippen MR) is 74.0 cm³/mol. The third kappa shape index (κ3) is 3.42. The van der Waals surface area contributed by atoms with Crippen LogP contribution in [-0.2, 0) is 4.79 Å². The summed E-state index contributed by atoms with van der Waals surface area (Å²) >= 11 is 4.99. The maximum atomic E-state index is 11.0. The van der Waals surface area contributed by atoms with Crippen LogP contribution in [0.5, 0.6) is 0 Å². The van der Waals surface area contributed by atoms with E-state index in [9.17, 15) is 4.79 Å². The smallest absolute Gasteiger partial charge is 0.222 e. The van der Waals surface area contributed by atoms with Crippen molar-refractivity contribution in [3.05, 3.63) is 29.8 Å². The molecule has 0 aliphatic rings. The van der Waals surface area contributed by atoms with Gasteiger partial charge in [-0.25, -0.2) is 0 Å². The molecular weight excluding hydrogens is 234 g/mol. The van der Waals surface area contributed by atoms with Crippen LogP contribution in [0, 0.1) is 5.92 Å². The SMILES string of the molecule is CC(CN(C)c1ccccc1C(N)=S)C(N)=O. The van der Waals surface area contributed by atoms with E-state index in [1.54, 1.807) is 6.92 Å². The fraction of sp³-hybridized carbons (Fsp3) is 0.333. The van der Waals surface area contributed by atoms with Crippen molar-refractivity contribution in [2.45, 2.75) is 6.92 Å². The summed E-state index contributed by atoms with van der Waals surface area (Å²) < 4.78 is 0. The van der Waals surface area contributed by atoms with Crippen molar-refractivity contribution in [3.63, 3.8) is 0 Å². The Kier molecular flexibility index (Phi) is 4.45. The minimum Gasteiger partial charge on any atom is -0.389 e. The molecule has 0 spiro atoms. The van der Waals surface area contributed by atoms with Gasteiger partial charge in [-0.15, -0.1) is 0 Å². The van der Waals surface area contributed by atoms with Crippen LogP contribution < -0.4 is 16.4 Å². The molecule has 4 N–H and O–H groups in total. The lowest BCUT2D eigenvalue weighted by Gasteiger charge is -2.24. The molecule has 0 aliphatic carbocycles. The maximum absolute atomic E-state index is 11.0. The molecule has 1 unspecified atom stereocenters. The number of benzene rings is 1. The van der Waals surface area contributed by atoms with Gasteiger partial charge in [0, 0.05) is 24.8 Å². The molecule has 0 aliphatic heterocycles.